The molecule has 0 aromatic heterocycles. The third-order valence-electron chi connectivity index (χ3n) is 4.64. The van der Waals surface area contributed by atoms with Crippen LogP contribution in [0.2, 0.25) is 0 Å². The van der Waals surface area contributed by atoms with Crippen LogP contribution in [0.1, 0.15) is 22.3 Å². The molecule has 7 heteroatoms. The molecule has 0 spiro atoms. The summed E-state index contributed by atoms with van der Waals surface area (Å²) in [6, 6.07) is 5.01. The summed E-state index contributed by atoms with van der Waals surface area (Å²) in [7, 11) is 0. The molecule has 1 aromatic rings. The molecule has 0 aliphatic carbocycles. The smallest absolute Gasteiger partial charge is 0.270 e. The summed E-state index contributed by atoms with van der Waals surface area (Å²) < 4.78 is 0. The number of carbonyl (C=O) groups is 1. The second kappa shape index (κ2) is 6.64. The van der Waals surface area contributed by atoms with Crippen molar-refractivity contribution in [2.24, 2.45) is 0 Å². The second-order valence-corrected chi connectivity index (χ2v) is 6.29. The molecule has 2 saturated heterocycles. The molecule has 0 saturated carbocycles. The van der Waals surface area contributed by atoms with E-state index in [9.17, 15) is 14.9 Å². The summed E-state index contributed by atoms with van der Waals surface area (Å²) in [4.78, 5) is 27.5. The minimum absolute atomic E-state index is 0.0220. The van der Waals surface area contributed by atoms with Gasteiger partial charge in [0.1, 0.15) is 0 Å². The molecule has 1 amide bonds. The predicted octanol–water partition coefficient (Wildman–Crippen LogP) is 1.02. The fraction of sp³-hybridized carbons (Fsp3) is 0.562. The number of non-ortho nitro benzene ring substituents is 1. The number of nitrogens with one attached hydrogen (secondary N) is 1. The normalized spacial score (nSPS) is 22.3. The maximum atomic E-state index is 12.7. The predicted molar refractivity (Wildman–Crippen MR) is 86.6 cm³/mol. The number of rotatable bonds is 3. The number of piperazine rings is 1. The van der Waals surface area contributed by atoms with Crippen molar-refractivity contribution in [2.75, 3.05) is 39.3 Å². The first-order valence-electron chi connectivity index (χ1n) is 8.05. The van der Waals surface area contributed by atoms with E-state index in [4.69, 9.17) is 0 Å². The SMILES string of the molecule is Cc1cc(C(=O)N2CCC(N3CCNCC3)C2)cc([N+](=O)[O-])c1. The highest BCUT2D eigenvalue weighted by atomic mass is 16.6. The number of nitrogens with zero attached hydrogens (tertiary/aromatic N) is 3. The zero-order valence-electron chi connectivity index (χ0n) is 13.3. The van der Waals surface area contributed by atoms with Gasteiger partial charge < -0.3 is 10.2 Å². The topological polar surface area (TPSA) is 78.7 Å². The van der Waals surface area contributed by atoms with Crippen LogP contribution in [0.3, 0.4) is 0 Å². The standard InChI is InChI=1S/C16H22N4O3/c1-12-8-13(10-15(9-12)20(22)23)16(21)19-5-2-14(11-19)18-6-3-17-4-7-18/h8-10,14,17H,2-7,11H2,1H3. The molecule has 124 valence electrons. The van der Waals surface area contributed by atoms with Crippen LogP contribution in [0.4, 0.5) is 5.69 Å². The highest BCUT2D eigenvalue weighted by Gasteiger charge is 2.31. The number of nitro benzene ring substituents is 1. The van der Waals surface area contributed by atoms with Gasteiger partial charge in [0.25, 0.3) is 11.6 Å². The minimum Gasteiger partial charge on any atom is -0.337 e. The number of hydrogen-bond donors (Lipinski definition) is 1. The molecule has 1 unspecified atom stereocenters. The van der Waals surface area contributed by atoms with E-state index in [1.54, 1.807) is 13.0 Å². The van der Waals surface area contributed by atoms with Gasteiger partial charge in [-0.05, 0) is 25.0 Å². The molecule has 2 aliphatic heterocycles. The van der Waals surface area contributed by atoms with Gasteiger partial charge in [-0.1, -0.05) is 0 Å². The van der Waals surface area contributed by atoms with Gasteiger partial charge in [0.05, 0.1) is 4.92 Å². The Balaban J connectivity index is 1.70. The van der Waals surface area contributed by atoms with E-state index in [2.05, 4.69) is 10.2 Å². The Bertz CT molecular complexity index is 613. The van der Waals surface area contributed by atoms with E-state index >= 15 is 0 Å². The Hall–Kier alpha value is -1.99. The monoisotopic (exact) mass is 318 g/mol. The molecule has 2 aliphatic rings. The molecule has 23 heavy (non-hydrogen) atoms. The molecule has 0 radical (unpaired) electrons. The third kappa shape index (κ3) is 3.51. The largest absolute Gasteiger partial charge is 0.337 e. The molecule has 0 bridgehead atoms. The Kier molecular flexibility index (Phi) is 4.58. The van der Waals surface area contributed by atoms with Crippen LogP contribution in [0, 0.1) is 17.0 Å². The van der Waals surface area contributed by atoms with Crippen LogP contribution in [0.5, 0.6) is 0 Å². The van der Waals surface area contributed by atoms with Crippen molar-refractivity contribution in [3.63, 3.8) is 0 Å². The van der Waals surface area contributed by atoms with Crippen molar-refractivity contribution in [2.45, 2.75) is 19.4 Å². The summed E-state index contributed by atoms with van der Waals surface area (Å²) in [6.45, 7) is 7.22. The van der Waals surface area contributed by atoms with Gasteiger partial charge in [-0.2, -0.15) is 0 Å². The van der Waals surface area contributed by atoms with E-state index < -0.39 is 4.92 Å². The average molecular weight is 318 g/mol. The first kappa shape index (κ1) is 15.9. The second-order valence-electron chi connectivity index (χ2n) is 6.29. The third-order valence-corrected chi connectivity index (χ3v) is 4.64. The average Bonchev–Trinajstić information content (AvgIpc) is 3.04. The van der Waals surface area contributed by atoms with Crippen molar-refractivity contribution in [3.8, 4) is 0 Å². The Morgan fingerprint density at radius 3 is 2.70 bits per heavy atom. The molecule has 3 rings (SSSR count). The van der Waals surface area contributed by atoms with E-state index in [0.717, 1.165) is 44.7 Å². The first-order chi connectivity index (χ1) is 11.0. The lowest BCUT2D eigenvalue weighted by molar-refractivity contribution is -0.384. The van der Waals surface area contributed by atoms with Crippen LogP contribution in [0.15, 0.2) is 18.2 Å². The van der Waals surface area contributed by atoms with Crippen molar-refractivity contribution < 1.29 is 9.72 Å². The van der Waals surface area contributed by atoms with E-state index in [1.165, 1.54) is 12.1 Å². The zero-order valence-corrected chi connectivity index (χ0v) is 13.3. The molecule has 2 heterocycles. The highest BCUT2D eigenvalue weighted by molar-refractivity contribution is 5.95. The Morgan fingerprint density at radius 1 is 1.26 bits per heavy atom. The molecule has 1 aromatic carbocycles. The molecule has 2 fully saturated rings. The summed E-state index contributed by atoms with van der Waals surface area (Å²) in [5.74, 6) is -0.102. The van der Waals surface area contributed by atoms with Crippen molar-refractivity contribution in [1.82, 2.24) is 15.1 Å². The van der Waals surface area contributed by atoms with Crippen LogP contribution in [-0.2, 0) is 0 Å². The van der Waals surface area contributed by atoms with Crippen LogP contribution in [0.25, 0.3) is 0 Å². The first-order valence-corrected chi connectivity index (χ1v) is 8.05. The number of nitro groups is 1. The number of carbonyl (C=O) groups excluding carboxylic acids is 1. The quantitative estimate of drug-likeness (QED) is 0.665. The molecule has 7 nitrogen and oxygen atoms in total. The van der Waals surface area contributed by atoms with E-state index in [-0.39, 0.29) is 11.6 Å². The summed E-state index contributed by atoms with van der Waals surface area (Å²) in [6.07, 6.45) is 0.972. The van der Waals surface area contributed by atoms with Crippen molar-refractivity contribution in [1.29, 1.82) is 0 Å². The maximum absolute atomic E-state index is 12.7. The van der Waals surface area contributed by atoms with Crippen LogP contribution < -0.4 is 5.32 Å². The lowest BCUT2D eigenvalue weighted by atomic mass is 10.1. The van der Waals surface area contributed by atoms with Crippen molar-refractivity contribution >= 4 is 11.6 Å². The fourth-order valence-electron chi connectivity index (χ4n) is 3.45. The fourth-order valence-corrected chi connectivity index (χ4v) is 3.45. The minimum atomic E-state index is -0.447. The van der Waals surface area contributed by atoms with Gasteiger partial charge >= 0.3 is 0 Å². The number of amides is 1. The number of hydrogen-bond acceptors (Lipinski definition) is 5. The zero-order chi connectivity index (χ0) is 16.4. The van der Waals surface area contributed by atoms with E-state index in [1.807, 2.05) is 4.90 Å². The number of benzene rings is 1. The summed E-state index contributed by atoms with van der Waals surface area (Å²) in [5.41, 5.74) is 1.13. The Labute approximate surface area is 135 Å². The van der Waals surface area contributed by atoms with Gasteiger partial charge in [-0.3, -0.25) is 19.8 Å². The molecular formula is C16H22N4O3. The van der Waals surface area contributed by atoms with Crippen LogP contribution in [-0.4, -0.2) is 65.9 Å². The van der Waals surface area contributed by atoms with Gasteiger partial charge in [0.15, 0.2) is 0 Å². The molecular weight excluding hydrogens is 296 g/mol. The Morgan fingerprint density at radius 2 is 2.00 bits per heavy atom. The summed E-state index contributed by atoms with van der Waals surface area (Å²) in [5, 5.41) is 14.3. The number of likely N-dealkylation sites (tertiary alicyclic amines) is 1. The van der Waals surface area contributed by atoms with Gasteiger partial charge in [-0.25, -0.2) is 0 Å². The van der Waals surface area contributed by atoms with Gasteiger partial charge in [-0.15, -0.1) is 0 Å². The molecule has 1 atom stereocenters. The van der Waals surface area contributed by atoms with Gasteiger partial charge in [0, 0.05) is 63.0 Å². The van der Waals surface area contributed by atoms with Gasteiger partial charge in [0.2, 0.25) is 0 Å². The van der Waals surface area contributed by atoms with E-state index in [0.29, 0.717) is 18.2 Å². The molecule has 1 N–H and O–H groups in total. The lowest BCUT2D eigenvalue weighted by Gasteiger charge is -2.32. The number of aryl methyl sites for hydroxylation is 1. The maximum Gasteiger partial charge on any atom is 0.270 e. The van der Waals surface area contributed by atoms with Crippen molar-refractivity contribution in [3.05, 3.63) is 39.4 Å². The highest BCUT2D eigenvalue weighted by Crippen LogP contribution is 2.22. The summed E-state index contributed by atoms with van der Waals surface area (Å²) >= 11 is 0. The lowest BCUT2D eigenvalue weighted by Crippen LogP contribution is -2.49. The van der Waals surface area contributed by atoms with Crippen LogP contribution >= 0.6 is 0 Å².